The molecule has 168 valence electrons. The number of rotatable bonds is 9. The second kappa shape index (κ2) is 10.6. The smallest absolute Gasteiger partial charge is 0.161 e. The van der Waals surface area contributed by atoms with Crippen LogP contribution >= 0.6 is 0 Å². The van der Waals surface area contributed by atoms with E-state index in [0.717, 1.165) is 57.3 Å². The van der Waals surface area contributed by atoms with Crippen molar-refractivity contribution in [2.75, 3.05) is 14.2 Å². The molecule has 0 radical (unpaired) electrons. The minimum absolute atomic E-state index is 0.703. The van der Waals surface area contributed by atoms with Gasteiger partial charge in [-0.3, -0.25) is 4.98 Å². The van der Waals surface area contributed by atoms with Crippen LogP contribution in [0.2, 0.25) is 0 Å². The molecular weight excluding hydrogens is 406 g/mol. The first-order chi connectivity index (χ1) is 15.9. The van der Waals surface area contributed by atoms with E-state index in [9.17, 15) is 0 Å². The molecule has 0 fully saturated rings. The Kier molecular flexibility index (Phi) is 7.68. The zero-order chi connectivity index (χ0) is 24.0. The summed E-state index contributed by atoms with van der Waals surface area (Å²) in [5.41, 5.74) is 6.83. The Morgan fingerprint density at radius 3 is 2.36 bits per heavy atom. The van der Waals surface area contributed by atoms with E-state index in [1.807, 2.05) is 43.4 Å². The van der Waals surface area contributed by atoms with E-state index >= 15 is 0 Å². The zero-order valence-corrected chi connectivity index (χ0v) is 19.8. The molecule has 1 aromatic carbocycles. The van der Waals surface area contributed by atoms with Crippen molar-refractivity contribution in [2.45, 2.75) is 19.8 Å². The Bertz CT molecular complexity index is 1250. The number of benzene rings is 1. The summed E-state index contributed by atoms with van der Waals surface area (Å²) in [7, 11) is 3.29. The maximum absolute atomic E-state index is 5.49. The van der Waals surface area contributed by atoms with Gasteiger partial charge in [0.1, 0.15) is 0 Å². The first-order valence-electron chi connectivity index (χ1n) is 10.9. The molecule has 0 bridgehead atoms. The van der Waals surface area contributed by atoms with E-state index in [0.29, 0.717) is 11.5 Å². The maximum Gasteiger partial charge on any atom is 0.161 e. The third-order valence-corrected chi connectivity index (χ3v) is 5.67. The van der Waals surface area contributed by atoms with Crippen LogP contribution in [-0.4, -0.2) is 19.2 Å². The van der Waals surface area contributed by atoms with Crippen LogP contribution in [0.15, 0.2) is 109 Å². The molecule has 3 heteroatoms. The number of fused-ring (bicyclic) bond motifs is 1. The van der Waals surface area contributed by atoms with E-state index < -0.39 is 0 Å². The molecule has 0 spiro atoms. The van der Waals surface area contributed by atoms with Gasteiger partial charge in [0.2, 0.25) is 0 Å². The van der Waals surface area contributed by atoms with E-state index in [2.05, 4.69) is 44.5 Å². The first-order valence-corrected chi connectivity index (χ1v) is 10.9. The highest BCUT2D eigenvalue weighted by Crippen LogP contribution is 2.35. The molecule has 0 amide bonds. The number of allylic oxidation sites excluding steroid dienone is 12. The number of ether oxygens (including phenoxy) is 2. The predicted molar refractivity (Wildman–Crippen MR) is 141 cm³/mol. The number of hydrogen-bond donors (Lipinski definition) is 0. The van der Waals surface area contributed by atoms with Crippen LogP contribution in [0, 0.1) is 6.92 Å². The summed E-state index contributed by atoms with van der Waals surface area (Å²) < 4.78 is 10.9. The molecule has 3 nitrogen and oxygen atoms in total. The quantitative estimate of drug-likeness (QED) is 0.378. The largest absolute Gasteiger partial charge is 0.493 e. The van der Waals surface area contributed by atoms with Crippen molar-refractivity contribution in [1.29, 1.82) is 0 Å². The van der Waals surface area contributed by atoms with Gasteiger partial charge in [0.05, 0.1) is 19.9 Å². The number of nitrogens with zero attached hydrogens (tertiary/aromatic N) is 1. The molecule has 2 aromatic rings. The van der Waals surface area contributed by atoms with Crippen molar-refractivity contribution in [3.8, 4) is 11.5 Å². The van der Waals surface area contributed by atoms with Crippen molar-refractivity contribution in [2.24, 2.45) is 0 Å². The van der Waals surface area contributed by atoms with E-state index in [1.54, 1.807) is 20.3 Å². The van der Waals surface area contributed by atoms with Gasteiger partial charge in [-0.1, -0.05) is 62.8 Å². The number of pyridine rings is 1. The Hall–Kier alpha value is -3.85. The van der Waals surface area contributed by atoms with Gasteiger partial charge in [-0.05, 0) is 77.3 Å². The Labute approximate surface area is 197 Å². The summed E-state index contributed by atoms with van der Waals surface area (Å²) in [4.78, 5) is 4.88. The SMILES string of the molecule is C=C/C=C\C(=C)C(=C)/C=C\C(=C)C1=CC(c2cc3cc(OC)c(OC)cc3c(C)n2)=CCC1. The first kappa shape index (κ1) is 23.8. The summed E-state index contributed by atoms with van der Waals surface area (Å²) >= 11 is 0. The van der Waals surface area contributed by atoms with Gasteiger partial charge in [-0.25, -0.2) is 0 Å². The molecule has 1 aliphatic rings. The van der Waals surface area contributed by atoms with Crippen molar-refractivity contribution in [1.82, 2.24) is 4.98 Å². The molecule has 1 heterocycles. The molecule has 0 saturated carbocycles. The summed E-state index contributed by atoms with van der Waals surface area (Å²) in [5.74, 6) is 1.41. The van der Waals surface area contributed by atoms with E-state index in [1.165, 1.54) is 5.57 Å². The van der Waals surface area contributed by atoms with Gasteiger partial charge < -0.3 is 9.47 Å². The van der Waals surface area contributed by atoms with Crippen molar-refractivity contribution in [3.05, 3.63) is 121 Å². The highest BCUT2D eigenvalue weighted by Gasteiger charge is 2.14. The summed E-state index contributed by atoms with van der Waals surface area (Å²) in [6, 6.07) is 6.08. The average Bonchev–Trinajstić information content (AvgIpc) is 2.84. The maximum atomic E-state index is 5.49. The molecule has 1 aromatic heterocycles. The lowest BCUT2D eigenvalue weighted by Gasteiger charge is -2.16. The highest BCUT2D eigenvalue weighted by molar-refractivity contribution is 5.91. The van der Waals surface area contributed by atoms with E-state index in [4.69, 9.17) is 14.5 Å². The molecule has 0 N–H and O–H groups in total. The summed E-state index contributed by atoms with van der Waals surface area (Å²) in [6.45, 7) is 18.1. The van der Waals surface area contributed by atoms with Crippen LogP contribution in [0.4, 0.5) is 0 Å². The molecular formula is C30H31NO2. The third kappa shape index (κ3) is 5.50. The fourth-order valence-corrected chi connectivity index (χ4v) is 3.74. The molecule has 0 unspecified atom stereocenters. The average molecular weight is 438 g/mol. The number of hydrogen-bond acceptors (Lipinski definition) is 3. The fraction of sp³-hybridized carbons (Fsp3) is 0.167. The third-order valence-electron chi connectivity index (χ3n) is 5.67. The van der Waals surface area contributed by atoms with Gasteiger partial charge in [-0.2, -0.15) is 0 Å². The number of methoxy groups -OCH3 is 2. The second-order valence-electron chi connectivity index (χ2n) is 7.89. The molecule has 0 saturated heterocycles. The normalized spacial score (nSPS) is 13.7. The van der Waals surface area contributed by atoms with Gasteiger partial charge in [0, 0.05) is 11.1 Å². The van der Waals surface area contributed by atoms with Gasteiger partial charge in [-0.15, -0.1) is 0 Å². The number of aryl methyl sites for hydroxylation is 1. The molecule has 3 rings (SSSR count). The van der Waals surface area contributed by atoms with Crippen LogP contribution in [0.3, 0.4) is 0 Å². The predicted octanol–water partition coefficient (Wildman–Crippen LogP) is 7.63. The Morgan fingerprint density at radius 2 is 1.67 bits per heavy atom. The van der Waals surface area contributed by atoms with Gasteiger partial charge >= 0.3 is 0 Å². The highest BCUT2D eigenvalue weighted by atomic mass is 16.5. The molecule has 0 aliphatic heterocycles. The lowest BCUT2D eigenvalue weighted by Crippen LogP contribution is -1.99. The van der Waals surface area contributed by atoms with Crippen LogP contribution in [0.1, 0.15) is 24.2 Å². The van der Waals surface area contributed by atoms with Crippen molar-refractivity contribution < 1.29 is 9.47 Å². The van der Waals surface area contributed by atoms with Crippen LogP contribution in [0.5, 0.6) is 11.5 Å². The second-order valence-corrected chi connectivity index (χ2v) is 7.89. The van der Waals surface area contributed by atoms with Crippen molar-refractivity contribution >= 4 is 16.3 Å². The van der Waals surface area contributed by atoms with E-state index in [-0.39, 0.29) is 0 Å². The molecule has 0 atom stereocenters. The molecule has 1 aliphatic carbocycles. The summed E-state index contributed by atoms with van der Waals surface area (Å²) in [6.07, 6.45) is 15.7. The minimum Gasteiger partial charge on any atom is -0.493 e. The number of aromatic nitrogens is 1. The standard InChI is InChI=1S/C30H31NO2/c1-8-9-11-20(2)21(3)14-15-22(4)24-12-10-13-25(16-24)28-17-26-18-29(32-6)30(33-7)19-27(26)23(5)31-28/h8-9,11,13-19H,1-4,10,12H2,5-7H3/b11-9-,15-14-. The van der Waals surface area contributed by atoms with Crippen LogP contribution < -0.4 is 9.47 Å². The lowest BCUT2D eigenvalue weighted by atomic mass is 9.91. The fourth-order valence-electron chi connectivity index (χ4n) is 3.74. The zero-order valence-electron chi connectivity index (χ0n) is 19.8. The lowest BCUT2D eigenvalue weighted by molar-refractivity contribution is 0.356. The minimum atomic E-state index is 0.703. The Morgan fingerprint density at radius 1 is 0.970 bits per heavy atom. The molecule has 33 heavy (non-hydrogen) atoms. The topological polar surface area (TPSA) is 31.4 Å². The monoisotopic (exact) mass is 437 g/mol. The summed E-state index contributed by atoms with van der Waals surface area (Å²) in [5, 5.41) is 2.12. The van der Waals surface area contributed by atoms with Gasteiger partial charge in [0.15, 0.2) is 11.5 Å². The van der Waals surface area contributed by atoms with Crippen molar-refractivity contribution in [3.63, 3.8) is 0 Å². The Balaban J connectivity index is 1.88. The van der Waals surface area contributed by atoms with Crippen LogP contribution in [-0.2, 0) is 0 Å². The van der Waals surface area contributed by atoms with Gasteiger partial charge in [0.25, 0.3) is 0 Å². The van der Waals surface area contributed by atoms with Crippen LogP contribution in [0.25, 0.3) is 16.3 Å².